The van der Waals surface area contributed by atoms with Crippen LogP contribution < -0.4 is 5.73 Å². The number of rotatable bonds is 3. The summed E-state index contributed by atoms with van der Waals surface area (Å²) >= 11 is 5.74. The number of halogens is 1. The Morgan fingerprint density at radius 3 is 2.85 bits per heavy atom. The van der Waals surface area contributed by atoms with Crippen molar-refractivity contribution in [1.29, 1.82) is 0 Å². The fraction of sp³-hybridized carbons (Fsp3) is 0.444. The minimum atomic E-state index is -0.538. The van der Waals surface area contributed by atoms with E-state index in [2.05, 4.69) is 4.98 Å². The molecule has 0 radical (unpaired) electrons. The molecule has 4 heteroatoms. The van der Waals surface area contributed by atoms with Crippen LogP contribution in [0.15, 0.2) is 12.1 Å². The third kappa shape index (κ3) is 2.95. The molecule has 1 atom stereocenters. The Bertz CT molecular complexity index is 271. The van der Waals surface area contributed by atoms with Gasteiger partial charge in [-0.2, -0.15) is 0 Å². The van der Waals surface area contributed by atoms with Crippen molar-refractivity contribution >= 4 is 11.6 Å². The number of nitrogens with two attached hydrogens (primary N) is 1. The molecule has 3 nitrogen and oxygen atoms in total. The van der Waals surface area contributed by atoms with Crippen molar-refractivity contribution < 1.29 is 5.11 Å². The molecule has 0 saturated heterocycles. The van der Waals surface area contributed by atoms with E-state index in [9.17, 15) is 5.11 Å². The summed E-state index contributed by atoms with van der Waals surface area (Å²) in [5.74, 6) is 0. The molecule has 1 rings (SSSR count). The summed E-state index contributed by atoms with van der Waals surface area (Å²) in [5, 5.41) is 10.0. The van der Waals surface area contributed by atoms with Gasteiger partial charge in [0.05, 0.1) is 6.10 Å². The summed E-state index contributed by atoms with van der Waals surface area (Å²) in [6, 6.07) is 3.47. The highest BCUT2D eigenvalue weighted by Crippen LogP contribution is 2.19. The molecule has 0 spiro atoms. The van der Waals surface area contributed by atoms with Crippen molar-refractivity contribution in [2.75, 3.05) is 6.54 Å². The zero-order chi connectivity index (χ0) is 9.84. The maximum absolute atomic E-state index is 9.60. The lowest BCUT2D eigenvalue weighted by molar-refractivity contribution is 0.170. The molecule has 13 heavy (non-hydrogen) atoms. The lowest BCUT2D eigenvalue weighted by Gasteiger charge is -2.10. The number of hydrogen-bond donors (Lipinski definition) is 2. The zero-order valence-electron chi connectivity index (χ0n) is 7.50. The molecule has 1 unspecified atom stereocenters. The molecule has 72 valence electrons. The predicted molar refractivity (Wildman–Crippen MR) is 52.6 cm³/mol. The van der Waals surface area contributed by atoms with Gasteiger partial charge in [-0.25, -0.2) is 4.98 Å². The lowest BCUT2D eigenvalue weighted by atomic mass is 10.1. The van der Waals surface area contributed by atoms with Crippen LogP contribution in [-0.4, -0.2) is 16.6 Å². The highest BCUT2D eigenvalue weighted by Gasteiger charge is 2.07. The Kier molecular flexibility index (Phi) is 3.66. The number of aryl methyl sites for hydroxylation is 1. The Hall–Kier alpha value is -0.640. The van der Waals surface area contributed by atoms with Crippen LogP contribution in [0, 0.1) is 6.92 Å². The van der Waals surface area contributed by atoms with E-state index in [0.717, 1.165) is 11.3 Å². The molecule has 0 aliphatic rings. The number of aliphatic hydroxyl groups excluding tert-OH is 1. The molecule has 0 amide bonds. The first-order valence-corrected chi connectivity index (χ1v) is 4.53. The van der Waals surface area contributed by atoms with E-state index in [1.165, 1.54) is 0 Å². The number of aromatic nitrogens is 1. The topological polar surface area (TPSA) is 59.1 Å². The molecule has 1 heterocycles. The number of aliphatic hydroxyl groups is 1. The Labute approximate surface area is 82.5 Å². The molecule has 1 aromatic rings. The van der Waals surface area contributed by atoms with Gasteiger partial charge in [0.1, 0.15) is 5.15 Å². The minimum Gasteiger partial charge on any atom is -0.388 e. The van der Waals surface area contributed by atoms with Gasteiger partial charge in [-0.05, 0) is 37.6 Å². The number of hydrogen-bond acceptors (Lipinski definition) is 3. The van der Waals surface area contributed by atoms with Gasteiger partial charge < -0.3 is 10.8 Å². The van der Waals surface area contributed by atoms with E-state index in [-0.39, 0.29) is 0 Å². The molecular weight excluding hydrogens is 188 g/mol. The van der Waals surface area contributed by atoms with Gasteiger partial charge in [0.25, 0.3) is 0 Å². The van der Waals surface area contributed by atoms with Crippen molar-refractivity contribution in [2.24, 2.45) is 5.73 Å². The van der Waals surface area contributed by atoms with E-state index in [0.29, 0.717) is 18.1 Å². The Morgan fingerprint density at radius 1 is 1.62 bits per heavy atom. The predicted octanol–water partition coefficient (Wildman–Crippen LogP) is 1.43. The van der Waals surface area contributed by atoms with Crippen molar-refractivity contribution in [2.45, 2.75) is 19.4 Å². The third-order valence-electron chi connectivity index (χ3n) is 1.77. The summed E-state index contributed by atoms with van der Waals surface area (Å²) in [6.45, 7) is 2.30. The monoisotopic (exact) mass is 200 g/mol. The summed E-state index contributed by atoms with van der Waals surface area (Å²) in [4.78, 5) is 4.00. The fourth-order valence-electron chi connectivity index (χ4n) is 1.17. The summed E-state index contributed by atoms with van der Waals surface area (Å²) in [5.41, 5.74) is 6.92. The highest BCUT2D eigenvalue weighted by molar-refractivity contribution is 6.29. The molecule has 0 aromatic carbocycles. The van der Waals surface area contributed by atoms with Crippen LogP contribution in [-0.2, 0) is 0 Å². The number of pyridine rings is 1. The molecule has 0 bridgehead atoms. The first-order chi connectivity index (χ1) is 6.13. The zero-order valence-corrected chi connectivity index (χ0v) is 8.25. The van der Waals surface area contributed by atoms with Gasteiger partial charge in [-0.3, -0.25) is 0 Å². The van der Waals surface area contributed by atoms with Gasteiger partial charge >= 0.3 is 0 Å². The standard InChI is InChI=1S/C9H13ClN2O/c1-6-4-7(5-9(10)12-6)8(13)2-3-11/h4-5,8,13H,2-3,11H2,1H3. The second-order valence-corrected chi connectivity index (χ2v) is 3.34. The van der Waals surface area contributed by atoms with E-state index in [1.54, 1.807) is 6.07 Å². The van der Waals surface area contributed by atoms with E-state index in [1.807, 2.05) is 13.0 Å². The molecule has 0 aliphatic carbocycles. The Morgan fingerprint density at radius 2 is 2.31 bits per heavy atom. The molecule has 0 saturated carbocycles. The summed E-state index contributed by atoms with van der Waals surface area (Å²) in [6.07, 6.45) is 0.00367. The van der Waals surface area contributed by atoms with E-state index >= 15 is 0 Å². The van der Waals surface area contributed by atoms with Gasteiger partial charge in [0, 0.05) is 5.69 Å². The largest absolute Gasteiger partial charge is 0.388 e. The van der Waals surface area contributed by atoms with Crippen LogP contribution in [0.1, 0.15) is 23.8 Å². The third-order valence-corrected chi connectivity index (χ3v) is 1.96. The van der Waals surface area contributed by atoms with Crippen LogP contribution in [0.3, 0.4) is 0 Å². The van der Waals surface area contributed by atoms with Crippen molar-refractivity contribution in [1.82, 2.24) is 4.98 Å². The second-order valence-electron chi connectivity index (χ2n) is 2.96. The lowest BCUT2D eigenvalue weighted by Crippen LogP contribution is -2.07. The molecule has 0 fully saturated rings. The fourth-order valence-corrected chi connectivity index (χ4v) is 1.43. The van der Waals surface area contributed by atoms with Gasteiger partial charge in [0.15, 0.2) is 0 Å². The Balaban J connectivity index is 2.87. The van der Waals surface area contributed by atoms with Crippen LogP contribution in [0.4, 0.5) is 0 Å². The molecule has 1 aromatic heterocycles. The SMILES string of the molecule is Cc1cc(C(O)CCN)cc(Cl)n1. The highest BCUT2D eigenvalue weighted by atomic mass is 35.5. The number of nitrogens with zero attached hydrogens (tertiary/aromatic N) is 1. The average Bonchev–Trinajstić information content (AvgIpc) is 2.03. The minimum absolute atomic E-state index is 0.408. The van der Waals surface area contributed by atoms with Crippen molar-refractivity contribution in [3.05, 3.63) is 28.5 Å². The van der Waals surface area contributed by atoms with Crippen LogP contribution in [0.25, 0.3) is 0 Å². The van der Waals surface area contributed by atoms with Gasteiger partial charge in [-0.1, -0.05) is 11.6 Å². The smallest absolute Gasteiger partial charge is 0.129 e. The second kappa shape index (κ2) is 4.56. The van der Waals surface area contributed by atoms with Gasteiger partial charge in [-0.15, -0.1) is 0 Å². The quantitative estimate of drug-likeness (QED) is 0.726. The first kappa shape index (κ1) is 10.4. The molecule has 3 N–H and O–H groups in total. The van der Waals surface area contributed by atoms with Gasteiger partial charge in [0.2, 0.25) is 0 Å². The maximum atomic E-state index is 9.60. The van der Waals surface area contributed by atoms with Crippen LogP contribution in [0.5, 0.6) is 0 Å². The van der Waals surface area contributed by atoms with E-state index in [4.69, 9.17) is 17.3 Å². The summed E-state index contributed by atoms with van der Waals surface area (Å²) < 4.78 is 0. The molecular formula is C9H13ClN2O. The van der Waals surface area contributed by atoms with Crippen molar-refractivity contribution in [3.8, 4) is 0 Å². The van der Waals surface area contributed by atoms with E-state index < -0.39 is 6.10 Å². The van der Waals surface area contributed by atoms with Crippen molar-refractivity contribution in [3.63, 3.8) is 0 Å². The first-order valence-electron chi connectivity index (χ1n) is 4.15. The maximum Gasteiger partial charge on any atom is 0.129 e. The average molecular weight is 201 g/mol. The molecule has 0 aliphatic heterocycles. The van der Waals surface area contributed by atoms with Crippen LogP contribution >= 0.6 is 11.6 Å². The normalized spacial score (nSPS) is 12.9. The summed E-state index contributed by atoms with van der Waals surface area (Å²) in [7, 11) is 0. The van der Waals surface area contributed by atoms with Crippen LogP contribution in [0.2, 0.25) is 5.15 Å².